The van der Waals surface area contributed by atoms with Gasteiger partial charge in [-0.1, -0.05) is 6.92 Å². The molecule has 0 aromatic heterocycles. The molecular weight excluding hydrogens is 244 g/mol. The molecule has 0 saturated heterocycles. The third-order valence-corrected chi connectivity index (χ3v) is 3.09. The zero-order valence-electron chi connectivity index (χ0n) is 12.0. The fourth-order valence-electron chi connectivity index (χ4n) is 1.92. The second kappa shape index (κ2) is 9.77. The third kappa shape index (κ3) is 5.30. The molecule has 0 saturated carbocycles. The Morgan fingerprint density at radius 3 is 1.58 bits per heavy atom. The maximum Gasteiger partial charge on any atom is 0.231 e. The van der Waals surface area contributed by atoms with Crippen LogP contribution in [0.4, 0.5) is 0 Å². The highest BCUT2D eigenvalue weighted by atomic mass is 16.3. The molecule has 0 aliphatic carbocycles. The van der Waals surface area contributed by atoms with E-state index in [2.05, 4.69) is 20.8 Å². The van der Waals surface area contributed by atoms with Crippen LogP contribution in [0.5, 0.6) is 5.75 Å². The Kier molecular flexibility index (Phi) is 9.84. The van der Waals surface area contributed by atoms with Gasteiger partial charge in [-0.05, 0) is 61.9 Å². The SMILES string of the molecule is CCc1c(C)c(C)c(C)c(O)c1C.N=C=O.N=C=O. The highest BCUT2D eigenvalue weighted by Gasteiger charge is 2.11. The molecule has 5 heteroatoms. The molecule has 0 heterocycles. The van der Waals surface area contributed by atoms with Crippen molar-refractivity contribution in [1.82, 2.24) is 0 Å². The number of isocyanates is 2. The van der Waals surface area contributed by atoms with E-state index in [0.29, 0.717) is 5.75 Å². The first-order chi connectivity index (χ1) is 8.83. The maximum absolute atomic E-state index is 9.82. The van der Waals surface area contributed by atoms with Crippen molar-refractivity contribution in [2.24, 2.45) is 0 Å². The highest BCUT2D eigenvalue weighted by Crippen LogP contribution is 2.31. The molecule has 1 aromatic rings. The molecule has 0 aliphatic heterocycles. The van der Waals surface area contributed by atoms with Gasteiger partial charge in [0.05, 0.1) is 0 Å². The van der Waals surface area contributed by atoms with E-state index in [-0.39, 0.29) is 0 Å². The van der Waals surface area contributed by atoms with Gasteiger partial charge in [0, 0.05) is 0 Å². The van der Waals surface area contributed by atoms with Crippen molar-refractivity contribution >= 4 is 12.2 Å². The lowest BCUT2D eigenvalue weighted by atomic mass is 9.92. The molecule has 19 heavy (non-hydrogen) atoms. The molecule has 0 spiro atoms. The predicted octanol–water partition coefficient (Wildman–Crippen LogP) is 2.99. The van der Waals surface area contributed by atoms with E-state index >= 15 is 0 Å². The molecule has 0 atom stereocenters. The summed E-state index contributed by atoms with van der Waals surface area (Å²) in [6.07, 6.45) is 2.49. The molecule has 0 bridgehead atoms. The predicted molar refractivity (Wildman–Crippen MR) is 73.3 cm³/mol. The van der Waals surface area contributed by atoms with E-state index < -0.39 is 0 Å². The number of phenols is 1. The van der Waals surface area contributed by atoms with E-state index in [0.717, 1.165) is 29.7 Å². The summed E-state index contributed by atoms with van der Waals surface area (Å²) in [7, 11) is 0. The van der Waals surface area contributed by atoms with Gasteiger partial charge < -0.3 is 5.11 Å². The van der Waals surface area contributed by atoms with Gasteiger partial charge in [-0.2, -0.15) is 0 Å². The number of hydrogen-bond donors (Lipinski definition) is 3. The summed E-state index contributed by atoms with van der Waals surface area (Å²) in [4.78, 5) is 16.7. The Labute approximate surface area is 113 Å². The highest BCUT2D eigenvalue weighted by molar-refractivity contribution is 5.53. The number of phenolic OH excluding ortho intramolecular Hbond substituents is 1. The van der Waals surface area contributed by atoms with Crippen molar-refractivity contribution in [1.29, 1.82) is 10.8 Å². The lowest BCUT2D eigenvalue weighted by Crippen LogP contribution is -1.98. The van der Waals surface area contributed by atoms with E-state index in [1.54, 1.807) is 0 Å². The lowest BCUT2D eigenvalue weighted by Gasteiger charge is -2.15. The van der Waals surface area contributed by atoms with E-state index in [1.807, 2.05) is 13.8 Å². The van der Waals surface area contributed by atoms with Crippen LogP contribution in [-0.4, -0.2) is 17.3 Å². The lowest BCUT2D eigenvalue weighted by molar-refractivity contribution is 0.465. The Hall–Kier alpha value is -2.22. The summed E-state index contributed by atoms with van der Waals surface area (Å²) < 4.78 is 0. The van der Waals surface area contributed by atoms with E-state index in [1.165, 1.54) is 16.7 Å². The fraction of sp³-hybridized carbons (Fsp3) is 0.429. The van der Waals surface area contributed by atoms with Crippen LogP contribution < -0.4 is 0 Å². The van der Waals surface area contributed by atoms with Gasteiger partial charge in [-0.3, -0.25) is 0 Å². The zero-order valence-corrected chi connectivity index (χ0v) is 12.0. The summed E-state index contributed by atoms with van der Waals surface area (Å²) in [6.45, 7) is 10.3. The first-order valence-corrected chi connectivity index (χ1v) is 5.69. The molecule has 1 aromatic carbocycles. The zero-order chi connectivity index (χ0) is 15.6. The normalized spacial score (nSPS) is 8.05. The smallest absolute Gasteiger partial charge is 0.231 e. The van der Waals surface area contributed by atoms with Crippen LogP contribution in [-0.2, 0) is 16.0 Å². The standard InChI is InChI=1S/C12H18O.2CHNO/c1-6-11-8(3)7(2)9(4)12(13)10(11)5;2*2-1-3/h13H,6H2,1-5H3;2*2H. The van der Waals surface area contributed by atoms with Gasteiger partial charge in [-0.25, -0.2) is 20.4 Å². The summed E-state index contributed by atoms with van der Waals surface area (Å²) >= 11 is 0. The van der Waals surface area contributed by atoms with Crippen LogP contribution in [0.1, 0.15) is 34.7 Å². The topological polar surface area (TPSA) is 102 Å². The number of carbonyl (C=O) groups excluding carboxylic acids is 2. The molecule has 104 valence electrons. The van der Waals surface area contributed by atoms with Gasteiger partial charge in [0.2, 0.25) is 12.2 Å². The Bertz CT molecular complexity index is 455. The molecule has 0 radical (unpaired) electrons. The summed E-state index contributed by atoms with van der Waals surface area (Å²) in [5.74, 6) is 0.472. The molecule has 0 fully saturated rings. The van der Waals surface area contributed by atoms with Gasteiger partial charge in [0.1, 0.15) is 5.75 Å². The molecule has 5 nitrogen and oxygen atoms in total. The number of nitrogens with one attached hydrogen (secondary N) is 2. The first-order valence-electron chi connectivity index (χ1n) is 5.69. The largest absolute Gasteiger partial charge is 0.507 e. The Morgan fingerprint density at radius 2 is 1.26 bits per heavy atom. The molecule has 0 unspecified atom stereocenters. The van der Waals surface area contributed by atoms with Crippen molar-refractivity contribution in [3.05, 3.63) is 27.8 Å². The molecule has 3 N–H and O–H groups in total. The van der Waals surface area contributed by atoms with E-state index in [9.17, 15) is 5.11 Å². The van der Waals surface area contributed by atoms with Crippen molar-refractivity contribution in [2.45, 2.75) is 41.0 Å². The van der Waals surface area contributed by atoms with Gasteiger partial charge in [-0.15, -0.1) is 0 Å². The molecular formula is C14H20N2O3. The van der Waals surface area contributed by atoms with Crippen molar-refractivity contribution in [3.63, 3.8) is 0 Å². The molecule has 1 rings (SSSR count). The second-order valence-corrected chi connectivity index (χ2v) is 3.88. The van der Waals surface area contributed by atoms with Crippen LogP contribution in [0, 0.1) is 38.5 Å². The van der Waals surface area contributed by atoms with Crippen LogP contribution >= 0.6 is 0 Å². The summed E-state index contributed by atoms with van der Waals surface area (Å²) in [5, 5.41) is 20.6. The quantitative estimate of drug-likeness (QED) is 0.536. The fourth-order valence-corrected chi connectivity index (χ4v) is 1.92. The molecule has 0 aliphatic rings. The van der Waals surface area contributed by atoms with Crippen molar-refractivity contribution < 1.29 is 14.7 Å². The Balaban J connectivity index is 0. The van der Waals surface area contributed by atoms with Crippen LogP contribution in [0.3, 0.4) is 0 Å². The molecule has 0 amide bonds. The Morgan fingerprint density at radius 1 is 0.895 bits per heavy atom. The number of rotatable bonds is 1. The second-order valence-electron chi connectivity index (χ2n) is 3.88. The van der Waals surface area contributed by atoms with Gasteiger partial charge >= 0.3 is 0 Å². The average molecular weight is 264 g/mol. The number of hydrogen-bond acceptors (Lipinski definition) is 5. The third-order valence-electron chi connectivity index (χ3n) is 3.09. The van der Waals surface area contributed by atoms with Crippen molar-refractivity contribution in [2.75, 3.05) is 0 Å². The minimum absolute atomic E-state index is 0.472. The van der Waals surface area contributed by atoms with Gasteiger partial charge in [0.15, 0.2) is 0 Å². The van der Waals surface area contributed by atoms with Gasteiger partial charge in [0.25, 0.3) is 0 Å². The van der Waals surface area contributed by atoms with Crippen molar-refractivity contribution in [3.8, 4) is 5.75 Å². The van der Waals surface area contributed by atoms with E-state index in [4.69, 9.17) is 20.4 Å². The van der Waals surface area contributed by atoms with Crippen LogP contribution in [0.15, 0.2) is 0 Å². The number of aromatic hydroxyl groups is 1. The minimum atomic E-state index is 0.472. The maximum atomic E-state index is 9.82. The minimum Gasteiger partial charge on any atom is -0.507 e. The number of benzene rings is 1. The first kappa shape index (κ1) is 19.1. The van der Waals surface area contributed by atoms with Crippen LogP contribution in [0.2, 0.25) is 0 Å². The summed E-state index contributed by atoms with van der Waals surface area (Å²) in [5.41, 5.74) is 5.91. The summed E-state index contributed by atoms with van der Waals surface area (Å²) in [6, 6.07) is 0. The van der Waals surface area contributed by atoms with Crippen LogP contribution in [0.25, 0.3) is 0 Å². The average Bonchev–Trinajstić information content (AvgIpc) is 2.37. The monoisotopic (exact) mass is 264 g/mol.